The lowest BCUT2D eigenvalue weighted by Crippen LogP contribution is -2.15. The molecule has 0 aliphatic rings. The second-order valence-corrected chi connectivity index (χ2v) is 5.64. The van der Waals surface area contributed by atoms with E-state index < -0.39 is 0 Å². The van der Waals surface area contributed by atoms with Crippen LogP contribution in [-0.4, -0.2) is 23.0 Å². The first-order valence-corrected chi connectivity index (χ1v) is 7.93. The number of hydrogen-bond acceptors (Lipinski definition) is 5. The number of methoxy groups -OCH3 is 1. The number of thiazole rings is 1. The minimum Gasteiger partial charge on any atom is -0.495 e. The fourth-order valence-electron chi connectivity index (χ4n) is 2.10. The number of pyridine rings is 1. The molecule has 3 aromatic rings. The minimum atomic E-state index is -0.132. The Bertz CT molecular complexity index is 802. The Morgan fingerprint density at radius 3 is 2.83 bits per heavy atom. The van der Waals surface area contributed by atoms with Crippen molar-refractivity contribution in [1.82, 2.24) is 9.97 Å². The van der Waals surface area contributed by atoms with Crippen molar-refractivity contribution in [3.63, 3.8) is 0 Å². The molecule has 0 fully saturated rings. The molecule has 5 nitrogen and oxygen atoms in total. The highest BCUT2D eigenvalue weighted by molar-refractivity contribution is 7.13. The number of nitrogens with zero attached hydrogens (tertiary/aromatic N) is 2. The summed E-state index contributed by atoms with van der Waals surface area (Å²) in [6, 6.07) is 13.0. The molecule has 0 saturated carbocycles. The summed E-state index contributed by atoms with van der Waals surface area (Å²) in [5.74, 6) is 0.501. The Morgan fingerprint density at radius 1 is 1.22 bits per heavy atom. The molecule has 3 rings (SSSR count). The van der Waals surface area contributed by atoms with Gasteiger partial charge in [-0.05, 0) is 24.3 Å². The van der Waals surface area contributed by atoms with Gasteiger partial charge < -0.3 is 10.1 Å². The molecule has 2 heterocycles. The first kappa shape index (κ1) is 15.2. The highest BCUT2D eigenvalue weighted by Gasteiger charge is 2.11. The van der Waals surface area contributed by atoms with Crippen LogP contribution in [0, 0.1) is 0 Å². The van der Waals surface area contributed by atoms with Crippen LogP contribution in [0.25, 0.3) is 10.7 Å². The smallest absolute Gasteiger partial charge is 0.230 e. The number of hydrogen-bond donors (Lipinski definition) is 1. The Balaban J connectivity index is 1.68. The molecule has 0 saturated heterocycles. The molecule has 2 aromatic heterocycles. The summed E-state index contributed by atoms with van der Waals surface area (Å²) in [6.07, 6.45) is 1.94. The molecule has 0 spiro atoms. The van der Waals surface area contributed by atoms with Gasteiger partial charge in [0.2, 0.25) is 5.91 Å². The molecule has 6 heteroatoms. The van der Waals surface area contributed by atoms with E-state index in [1.54, 1.807) is 25.4 Å². The van der Waals surface area contributed by atoms with Crippen LogP contribution in [0.4, 0.5) is 5.69 Å². The summed E-state index contributed by atoms with van der Waals surface area (Å²) >= 11 is 1.48. The predicted octanol–water partition coefficient (Wildman–Crippen LogP) is 3.39. The van der Waals surface area contributed by atoms with Gasteiger partial charge in [0.25, 0.3) is 0 Å². The molecule has 0 radical (unpaired) electrons. The molecule has 23 heavy (non-hydrogen) atoms. The normalized spacial score (nSPS) is 10.3. The van der Waals surface area contributed by atoms with Crippen molar-refractivity contribution in [1.29, 1.82) is 0 Å². The van der Waals surface area contributed by atoms with Gasteiger partial charge in [0, 0.05) is 11.6 Å². The lowest BCUT2D eigenvalue weighted by atomic mass is 10.2. The van der Waals surface area contributed by atoms with Crippen molar-refractivity contribution in [2.24, 2.45) is 0 Å². The van der Waals surface area contributed by atoms with Crippen molar-refractivity contribution in [2.45, 2.75) is 6.42 Å². The number of ether oxygens (including phenoxy) is 1. The number of amides is 1. The lowest BCUT2D eigenvalue weighted by molar-refractivity contribution is -0.115. The van der Waals surface area contributed by atoms with E-state index >= 15 is 0 Å². The third-order valence-electron chi connectivity index (χ3n) is 3.16. The SMILES string of the molecule is COc1ccccc1NC(=O)Cc1csc(-c2ccccn2)n1. The van der Waals surface area contributed by atoms with Crippen LogP contribution in [-0.2, 0) is 11.2 Å². The average molecular weight is 325 g/mol. The number of anilines is 1. The van der Waals surface area contributed by atoms with Crippen molar-refractivity contribution >= 4 is 22.9 Å². The lowest BCUT2D eigenvalue weighted by Gasteiger charge is -2.08. The number of carbonyl (C=O) groups excluding carboxylic acids is 1. The zero-order valence-electron chi connectivity index (χ0n) is 12.5. The van der Waals surface area contributed by atoms with E-state index in [1.807, 2.05) is 35.7 Å². The fraction of sp³-hybridized carbons (Fsp3) is 0.118. The fourth-order valence-corrected chi connectivity index (χ4v) is 2.90. The topological polar surface area (TPSA) is 64.1 Å². The maximum Gasteiger partial charge on any atom is 0.230 e. The van der Waals surface area contributed by atoms with Crippen LogP contribution < -0.4 is 10.1 Å². The van der Waals surface area contributed by atoms with Crippen LogP contribution in [0.15, 0.2) is 54.0 Å². The van der Waals surface area contributed by atoms with E-state index in [4.69, 9.17) is 4.74 Å². The molecular weight excluding hydrogens is 310 g/mol. The number of para-hydroxylation sites is 2. The Hall–Kier alpha value is -2.73. The second-order valence-electron chi connectivity index (χ2n) is 4.78. The zero-order chi connectivity index (χ0) is 16.1. The van der Waals surface area contributed by atoms with Gasteiger partial charge in [-0.25, -0.2) is 4.98 Å². The molecule has 0 unspecified atom stereocenters. The van der Waals surface area contributed by atoms with Gasteiger partial charge in [-0.2, -0.15) is 0 Å². The number of benzene rings is 1. The highest BCUT2D eigenvalue weighted by Crippen LogP contribution is 2.24. The number of carbonyl (C=O) groups is 1. The quantitative estimate of drug-likeness (QED) is 0.781. The van der Waals surface area contributed by atoms with Gasteiger partial charge in [0.1, 0.15) is 10.8 Å². The Kier molecular flexibility index (Phi) is 4.63. The summed E-state index contributed by atoms with van der Waals surface area (Å²) in [7, 11) is 1.57. The van der Waals surface area contributed by atoms with Gasteiger partial charge in [-0.1, -0.05) is 18.2 Å². The van der Waals surface area contributed by atoms with Crippen molar-refractivity contribution in [3.8, 4) is 16.5 Å². The van der Waals surface area contributed by atoms with E-state index in [1.165, 1.54) is 11.3 Å². The van der Waals surface area contributed by atoms with Crippen LogP contribution in [0.2, 0.25) is 0 Å². The molecular formula is C17H15N3O2S. The zero-order valence-corrected chi connectivity index (χ0v) is 13.3. The summed E-state index contributed by atoms with van der Waals surface area (Å²) < 4.78 is 5.22. The van der Waals surface area contributed by atoms with E-state index in [9.17, 15) is 4.79 Å². The van der Waals surface area contributed by atoms with Crippen LogP contribution in [0.1, 0.15) is 5.69 Å². The largest absolute Gasteiger partial charge is 0.495 e. The van der Waals surface area contributed by atoms with E-state index in [2.05, 4.69) is 15.3 Å². The summed E-state index contributed by atoms with van der Waals surface area (Å²) in [6.45, 7) is 0. The highest BCUT2D eigenvalue weighted by atomic mass is 32.1. The first-order chi connectivity index (χ1) is 11.3. The molecule has 0 bridgehead atoms. The summed E-state index contributed by atoms with van der Waals surface area (Å²) in [5.41, 5.74) is 2.19. The van der Waals surface area contributed by atoms with Crippen molar-refractivity contribution < 1.29 is 9.53 Å². The van der Waals surface area contributed by atoms with Gasteiger partial charge in [0.05, 0.1) is 30.6 Å². The average Bonchev–Trinajstić information content (AvgIpc) is 3.04. The standard InChI is InChI=1S/C17H15N3O2S/c1-22-15-8-3-2-6-13(15)20-16(21)10-12-11-23-17(19-12)14-7-4-5-9-18-14/h2-9,11H,10H2,1H3,(H,20,21). The van der Waals surface area contributed by atoms with Gasteiger partial charge in [0.15, 0.2) is 0 Å². The Labute approximate surface area is 138 Å². The number of aromatic nitrogens is 2. The van der Waals surface area contributed by atoms with Gasteiger partial charge in [-0.15, -0.1) is 11.3 Å². The van der Waals surface area contributed by atoms with Crippen LogP contribution in [0.5, 0.6) is 5.75 Å². The maximum absolute atomic E-state index is 12.2. The second kappa shape index (κ2) is 7.02. The van der Waals surface area contributed by atoms with Crippen molar-refractivity contribution in [2.75, 3.05) is 12.4 Å². The maximum atomic E-state index is 12.2. The predicted molar refractivity (Wildman–Crippen MR) is 90.7 cm³/mol. The molecule has 0 atom stereocenters. The number of rotatable bonds is 5. The van der Waals surface area contributed by atoms with Gasteiger partial charge in [-0.3, -0.25) is 9.78 Å². The number of nitrogens with one attached hydrogen (secondary N) is 1. The van der Waals surface area contributed by atoms with Crippen LogP contribution >= 0.6 is 11.3 Å². The molecule has 116 valence electrons. The molecule has 0 aliphatic carbocycles. The first-order valence-electron chi connectivity index (χ1n) is 7.05. The summed E-state index contributed by atoms with van der Waals surface area (Å²) in [4.78, 5) is 20.9. The van der Waals surface area contributed by atoms with Crippen LogP contribution in [0.3, 0.4) is 0 Å². The van der Waals surface area contributed by atoms with Gasteiger partial charge >= 0.3 is 0 Å². The third kappa shape index (κ3) is 3.73. The van der Waals surface area contributed by atoms with E-state index in [-0.39, 0.29) is 12.3 Å². The Morgan fingerprint density at radius 2 is 2.04 bits per heavy atom. The monoisotopic (exact) mass is 325 g/mol. The van der Waals surface area contributed by atoms with E-state index in [0.717, 1.165) is 16.4 Å². The van der Waals surface area contributed by atoms with E-state index in [0.29, 0.717) is 11.4 Å². The summed E-state index contributed by atoms with van der Waals surface area (Å²) in [5, 5.41) is 5.54. The molecule has 0 aliphatic heterocycles. The molecule has 1 amide bonds. The molecule has 1 N–H and O–H groups in total. The van der Waals surface area contributed by atoms with Crippen molar-refractivity contribution in [3.05, 3.63) is 59.7 Å². The molecule has 1 aromatic carbocycles. The third-order valence-corrected chi connectivity index (χ3v) is 4.07. The minimum absolute atomic E-state index is 0.132.